The maximum atomic E-state index is 13.5. The number of anilines is 2. The van der Waals surface area contributed by atoms with E-state index >= 15 is 0 Å². The minimum absolute atomic E-state index is 0.0242. The van der Waals surface area contributed by atoms with Crippen molar-refractivity contribution in [2.45, 2.75) is 51.1 Å². The van der Waals surface area contributed by atoms with Gasteiger partial charge >= 0.3 is 6.18 Å². The van der Waals surface area contributed by atoms with Crippen molar-refractivity contribution >= 4 is 34.6 Å². The molecule has 4 rings (SSSR count). The SMILES string of the molecule is CC(C)(O)[C@H]1COc2cc(N3C(=S)N(c4ccc(C#N)c(C(F)(F)F)c4)C(=O)C3(C)C)ccc2O1. The lowest BCUT2D eigenvalue weighted by molar-refractivity contribution is -0.137. The van der Waals surface area contributed by atoms with Crippen LogP contribution in [-0.4, -0.2) is 40.0 Å². The van der Waals surface area contributed by atoms with Gasteiger partial charge in [-0.15, -0.1) is 0 Å². The number of halogens is 3. The van der Waals surface area contributed by atoms with Crippen LogP contribution in [0.2, 0.25) is 0 Å². The standard InChI is InChI=1S/C24H22F3N3O4S/c1-22(2)20(31)29(14-6-5-13(11-28)16(9-14)24(25,26)27)21(35)30(22)15-7-8-17-18(10-15)33-12-19(34-17)23(3,4)32/h5-10,19,32H,12H2,1-4H3/t19-/m1/s1. The van der Waals surface area contributed by atoms with Crippen LogP contribution in [-0.2, 0) is 11.0 Å². The number of hydrogen-bond donors (Lipinski definition) is 1. The smallest absolute Gasteiger partial charge is 0.417 e. The van der Waals surface area contributed by atoms with E-state index in [4.69, 9.17) is 27.0 Å². The summed E-state index contributed by atoms with van der Waals surface area (Å²) in [6.45, 7) is 6.54. The lowest BCUT2D eigenvalue weighted by Crippen LogP contribution is -2.46. The summed E-state index contributed by atoms with van der Waals surface area (Å²) in [5, 5.41) is 19.3. The number of benzene rings is 2. The second-order valence-corrected chi connectivity index (χ2v) is 9.72. The largest absolute Gasteiger partial charge is 0.486 e. The normalized spacial score (nSPS) is 19.7. The first-order chi connectivity index (χ1) is 16.2. The summed E-state index contributed by atoms with van der Waals surface area (Å²) in [5.74, 6) is 0.252. The predicted molar refractivity (Wildman–Crippen MR) is 125 cm³/mol. The molecule has 1 atom stereocenters. The maximum absolute atomic E-state index is 13.5. The van der Waals surface area contributed by atoms with Gasteiger partial charge in [-0.05, 0) is 70.2 Å². The number of nitriles is 1. The number of ether oxygens (including phenoxy) is 2. The quantitative estimate of drug-likeness (QED) is 0.619. The van der Waals surface area contributed by atoms with Crippen molar-refractivity contribution in [2.24, 2.45) is 0 Å². The van der Waals surface area contributed by atoms with Gasteiger partial charge < -0.3 is 19.5 Å². The number of nitrogens with zero attached hydrogens (tertiary/aromatic N) is 3. The van der Waals surface area contributed by atoms with E-state index in [1.165, 1.54) is 17.0 Å². The molecule has 7 nitrogen and oxygen atoms in total. The zero-order valence-corrected chi connectivity index (χ0v) is 20.1. The van der Waals surface area contributed by atoms with Gasteiger partial charge in [0, 0.05) is 11.8 Å². The number of amides is 1. The van der Waals surface area contributed by atoms with Crippen LogP contribution in [0.3, 0.4) is 0 Å². The Bertz CT molecular complexity index is 1260. The Morgan fingerprint density at radius 2 is 1.80 bits per heavy atom. The zero-order valence-electron chi connectivity index (χ0n) is 19.3. The van der Waals surface area contributed by atoms with Gasteiger partial charge in [0.1, 0.15) is 12.1 Å². The lowest BCUT2D eigenvalue weighted by Gasteiger charge is -2.35. The summed E-state index contributed by atoms with van der Waals surface area (Å²) >= 11 is 5.55. The summed E-state index contributed by atoms with van der Waals surface area (Å²) in [5.41, 5.74) is -3.67. The number of rotatable bonds is 3. The van der Waals surface area contributed by atoms with Crippen LogP contribution in [0.5, 0.6) is 11.5 Å². The molecule has 0 unspecified atom stereocenters. The van der Waals surface area contributed by atoms with Crippen molar-refractivity contribution in [1.29, 1.82) is 5.26 Å². The zero-order chi connectivity index (χ0) is 25.9. The molecule has 1 N–H and O–H groups in total. The molecule has 0 aromatic heterocycles. The molecule has 0 radical (unpaired) electrons. The van der Waals surface area contributed by atoms with Crippen molar-refractivity contribution in [3.05, 3.63) is 47.5 Å². The molecule has 1 saturated heterocycles. The van der Waals surface area contributed by atoms with Gasteiger partial charge in [-0.1, -0.05) is 0 Å². The van der Waals surface area contributed by atoms with Gasteiger partial charge in [0.15, 0.2) is 22.7 Å². The van der Waals surface area contributed by atoms with Crippen molar-refractivity contribution in [3.63, 3.8) is 0 Å². The van der Waals surface area contributed by atoms with Crippen LogP contribution in [0, 0.1) is 11.3 Å². The third-order valence-corrected chi connectivity index (χ3v) is 6.35. The molecule has 35 heavy (non-hydrogen) atoms. The van der Waals surface area contributed by atoms with E-state index in [-0.39, 0.29) is 17.4 Å². The Kier molecular flexibility index (Phi) is 5.73. The summed E-state index contributed by atoms with van der Waals surface area (Å²) in [6, 6.07) is 9.46. The molecule has 0 bridgehead atoms. The Hall–Kier alpha value is -3.36. The molecule has 11 heteroatoms. The number of carbonyl (C=O) groups is 1. The van der Waals surface area contributed by atoms with E-state index in [1.54, 1.807) is 45.9 Å². The molecule has 184 valence electrons. The van der Waals surface area contributed by atoms with E-state index in [0.717, 1.165) is 17.0 Å². The Labute approximate surface area is 205 Å². The van der Waals surface area contributed by atoms with Gasteiger partial charge in [0.05, 0.1) is 28.5 Å². The monoisotopic (exact) mass is 505 g/mol. The van der Waals surface area contributed by atoms with Crippen LogP contribution in [0.1, 0.15) is 38.8 Å². The molecule has 0 spiro atoms. The molecule has 1 amide bonds. The number of thiocarbonyl (C=S) groups is 1. The Morgan fingerprint density at radius 1 is 1.14 bits per heavy atom. The number of aliphatic hydroxyl groups is 1. The minimum Gasteiger partial charge on any atom is -0.486 e. The summed E-state index contributed by atoms with van der Waals surface area (Å²) in [6.07, 6.45) is -5.36. The van der Waals surface area contributed by atoms with Gasteiger partial charge in [0.2, 0.25) is 0 Å². The van der Waals surface area contributed by atoms with E-state index in [0.29, 0.717) is 17.2 Å². The molecule has 2 heterocycles. The van der Waals surface area contributed by atoms with E-state index in [2.05, 4.69) is 0 Å². The van der Waals surface area contributed by atoms with Crippen LogP contribution in [0.4, 0.5) is 24.5 Å². The average Bonchev–Trinajstić information content (AvgIpc) is 2.95. The van der Waals surface area contributed by atoms with Crippen LogP contribution in [0.15, 0.2) is 36.4 Å². The molecule has 2 aliphatic rings. The van der Waals surface area contributed by atoms with Crippen molar-refractivity contribution in [2.75, 3.05) is 16.4 Å². The molecule has 2 aromatic rings. The molecule has 1 fully saturated rings. The van der Waals surface area contributed by atoms with Gasteiger partial charge in [-0.25, -0.2) is 0 Å². The van der Waals surface area contributed by atoms with Gasteiger partial charge in [0.25, 0.3) is 5.91 Å². The minimum atomic E-state index is -4.78. The fourth-order valence-corrected chi connectivity index (χ4v) is 4.53. The van der Waals surface area contributed by atoms with E-state index < -0.39 is 40.5 Å². The van der Waals surface area contributed by atoms with Crippen LogP contribution < -0.4 is 19.3 Å². The number of alkyl halides is 3. The summed E-state index contributed by atoms with van der Waals surface area (Å²) in [4.78, 5) is 15.9. The Balaban J connectivity index is 1.72. The second-order valence-electron chi connectivity index (χ2n) is 9.36. The highest BCUT2D eigenvalue weighted by Gasteiger charge is 2.51. The number of carbonyl (C=O) groups excluding carboxylic acids is 1. The topological polar surface area (TPSA) is 86.0 Å². The maximum Gasteiger partial charge on any atom is 0.417 e. The van der Waals surface area contributed by atoms with Gasteiger partial charge in [-0.2, -0.15) is 18.4 Å². The second kappa shape index (κ2) is 8.10. The first-order valence-corrected chi connectivity index (χ1v) is 11.0. The van der Waals surface area contributed by atoms with Crippen molar-refractivity contribution in [1.82, 2.24) is 0 Å². The predicted octanol–water partition coefficient (Wildman–Crippen LogP) is 4.40. The average molecular weight is 506 g/mol. The molecular weight excluding hydrogens is 483 g/mol. The highest BCUT2D eigenvalue weighted by molar-refractivity contribution is 7.81. The van der Waals surface area contributed by atoms with Crippen LogP contribution in [0.25, 0.3) is 0 Å². The van der Waals surface area contributed by atoms with Crippen molar-refractivity contribution < 1.29 is 32.5 Å². The van der Waals surface area contributed by atoms with Crippen molar-refractivity contribution in [3.8, 4) is 17.6 Å². The molecule has 0 aliphatic carbocycles. The molecular formula is C24H22F3N3O4S. The molecule has 2 aromatic carbocycles. The fraction of sp³-hybridized carbons (Fsp3) is 0.375. The molecule has 2 aliphatic heterocycles. The number of hydrogen-bond acceptors (Lipinski definition) is 6. The van der Waals surface area contributed by atoms with Gasteiger partial charge in [-0.3, -0.25) is 9.69 Å². The first kappa shape index (κ1) is 24.8. The third kappa shape index (κ3) is 4.17. The first-order valence-electron chi connectivity index (χ1n) is 10.6. The fourth-order valence-electron chi connectivity index (χ4n) is 4.01. The third-order valence-electron chi connectivity index (χ3n) is 5.99. The summed E-state index contributed by atoms with van der Waals surface area (Å²) < 4.78 is 52.1. The van der Waals surface area contributed by atoms with Crippen LogP contribution >= 0.6 is 12.2 Å². The summed E-state index contributed by atoms with van der Waals surface area (Å²) in [7, 11) is 0. The number of fused-ring (bicyclic) bond motifs is 1. The lowest BCUT2D eigenvalue weighted by atomic mass is 10.0. The molecule has 0 saturated carbocycles. The van der Waals surface area contributed by atoms with E-state index in [1.807, 2.05) is 0 Å². The van der Waals surface area contributed by atoms with E-state index in [9.17, 15) is 23.1 Å². The highest BCUT2D eigenvalue weighted by atomic mass is 32.1. The Morgan fingerprint density at radius 3 is 2.40 bits per heavy atom. The highest BCUT2D eigenvalue weighted by Crippen LogP contribution is 2.43.